The Morgan fingerprint density at radius 1 is 1.12 bits per heavy atom. The first-order valence-electron chi connectivity index (χ1n) is 8.25. The smallest absolute Gasteiger partial charge is 0.336 e. The third kappa shape index (κ3) is 4.67. The molecule has 3 aromatic rings. The van der Waals surface area contributed by atoms with Crippen molar-refractivity contribution in [2.24, 2.45) is 0 Å². The van der Waals surface area contributed by atoms with Crippen molar-refractivity contribution in [3.63, 3.8) is 0 Å². The Balaban J connectivity index is 1.54. The molecular formula is C20H20N2O2S. The lowest BCUT2D eigenvalue weighted by Crippen LogP contribution is -2.29. The number of aryl methyl sites for hydroxylation is 2. The minimum absolute atomic E-state index is 0.344. The van der Waals surface area contributed by atoms with Crippen LogP contribution in [-0.4, -0.2) is 11.7 Å². The van der Waals surface area contributed by atoms with E-state index in [1.54, 1.807) is 6.07 Å². The van der Waals surface area contributed by atoms with Gasteiger partial charge in [-0.2, -0.15) is 0 Å². The number of fused-ring (bicyclic) bond motifs is 1. The van der Waals surface area contributed by atoms with E-state index in [-0.39, 0.29) is 5.63 Å². The molecule has 0 saturated heterocycles. The molecule has 2 N–H and O–H groups in total. The molecule has 0 radical (unpaired) electrons. The molecule has 3 rings (SSSR count). The van der Waals surface area contributed by atoms with Crippen LogP contribution in [0.4, 0.5) is 5.69 Å². The largest absolute Gasteiger partial charge is 0.423 e. The van der Waals surface area contributed by atoms with Crippen molar-refractivity contribution in [3.05, 3.63) is 76.1 Å². The van der Waals surface area contributed by atoms with Crippen LogP contribution in [0.15, 0.2) is 63.8 Å². The lowest BCUT2D eigenvalue weighted by Gasteiger charge is -2.11. The second kappa shape index (κ2) is 7.94. The maximum absolute atomic E-state index is 11.5. The first-order chi connectivity index (χ1) is 12.1. The normalized spacial score (nSPS) is 10.6. The third-order valence-electron chi connectivity index (χ3n) is 3.98. The zero-order valence-corrected chi connectivity index (χ0v) is 14.9. The van der Waals surface area contributed by atoms with Gasteiger partial charge >= 0.3 is 5.63 Å². The number of nitrogens with one attached hydrogen (secondary N) is 2. The fourth-order valence-corrected chi connectivity index (χ4v) is 2.94. The SMILES string of the molecule is Cc1cc(=O)oc2cc(NC(=S)NCCCc3ccccc3)ccc12. The summed E-state index contributed by atoms with van der Waals surface area (Å²) >= 11 is 5.33. The Morgan fingerprint density at radius 3 is 2.72 bits per heavy atom. The second-order valence-electron chi connectivity index (χ2n) is 5.93. The summed E-state index contributed by atoms with van der Waals surface area (Å²) in [5.74, 6) is 0. The van der Waals surface area contributed by atoms with Crippen LogP contribution in [0.25, 0.3) is 11.0 Å². The number of thiocarbonyl (C=S) groups is 1. The Hall–Kier alpha value is -2.66. The zero-order valence-electron chi connectivity index (χ0n) is 14.0. The van der Waals surface area contributed by atoms with Crippen LogP contribution in [0.5, 0.6) is 0 Å². The van der Waals surface area contributed by atoms with Crippen LogP contribution in [0, 0.1) is 6.92 Å². The lowest BCUT2D eigenvalue weighted by atomic mass is 10.1. The van der Waals surface area contributed by atoms with Gasteiger partial charge in [-0.1, -0.05) is 30.3 Å². The van der Waals surface area contributed by atoms with Crippen molar-refractivity contribution in [3.8, 4) is 0 Å². The molecule has 128 valence electrons. The molecule has 0 bridgehead atoms. The van der Waals surface area contributed by atoms with E-state index in [2.05, 4.69) is 34.9 Å². The van der Waals surface area contributed by atoms with Gasteiger partial charge in [0.05, 0.1) is 0 Å². The van der Waals surface area contributed by atoms with Crippen molar-refractivity contribution in [1.82, 2.24) is 5.32 Å². The summed E-state index contributed by atoms with van der Waals surface area (Å²) in [4.78, 5) is 11.5. The molecule has 0 spiro atoms. The summed E-state index contributed by atoms with van der Waals surface area (Å²) in [5.41, 5.74) is 3.23. The van der Waals surface area contributed by atoms with Crippen LogP contribution < -0.4 is 16.3 Å². The highest BCUT2D eigenvalue weighted by atomic mass is 32.1. The summed E-state index contributed by atoms with van der Waals surface area (Å²) < 4.78 is 5.25. The number of rotatable bonds is 5. The second-order valence-corrected chi connectivity index (χ2v) is 6.34. The fraction of sp³-hybridized carbons (Fsp3) is 0.200. The van der Waals surface area contributed by atoms with Gasteiger partial charge in [-0.3, -0.25) is 0 Å². The number of anilines is 1. The van der Waals surface area contributed by atoms with Gasteiger partial charge in [0.2, 0.25) is 0 Å². The first kappa shape index (κ1) is 17.2. The Bertz CT molecular complexity index is 935. The zero-order chi connectivity index (χ0) is 17.6. The molecule has 0 saturated carbocycles. The predicted octanol–water partition coefficient (Wildman–Crippen LogP) is 4.02. The molecule has 0 aliphatic carbocycles. The minimum Gasteiger partial charge on any atom is -0.423 e. The molecule has 1 heterocycles. The highest BCUT2D eigenvalue weighted by Gasteiger charge is 2.04. The third-order valence-corrected chi connectivity index (χ3v) is 4.23. The van der Waals surface area contributed by atoms with Crippen LogP contribution in [0.1, 0.15) is 17.5 Å². The predicted molar refractivity (Wildman–Crippen MR) is 106 cm³/mol. The molecule has 0 fully saturated rings. The summed E-state index contributed by atoms with van der Waals surface area (Å²) in [6.45, 7) is 2.69. The standard InChI is InChI=1S/C20H20N2O2S/c1-14-12-19(23)24-18-13-16(9-10-17(14)18)22-20(25)21-11-5-8-15-6-3-2-4-7-15/h2-4,6-7,9-10,12-13H,5,8,11H2,1H3,(H2,21,22,25). The average molecular weight is 352 g/mol. The van der Waals surface area contributed by atoms with E-state index >= 15 is 0 Å². The monoisotopic (exact) mass is 352 g/mol. The molecule has 5 heteroatoms. The lowest BCUT2D eigenvalue weighted by molar-refractivity contribution is 0.560. The van der Waals surface area contributed by atoms with Crippen LogP contribution in [-0.2, 0) is 6.42 Å². The molecule has 0 atom stereocenters. The maximum Gasteiger partial charge on any atom is 0.336 e. The van der Waals surface area contributed by atoms with Gasteiger partial charge in [-0.15, -0.1) is 0 Å². The van der Waals surface area contributed by atoms with E-state index in [1.165, 1.54) is 11.6 Å². The quantitative estimate of drug-likeness (QED) is 0.413. The van der Waals surface area contributed by atoms with Gasteiger partial charge in [0.15, 0.2) is 5.11 Å². The number of hydrogen-bond acceptors (Lipinski definition) is 3. The van der Waals surface area contributed by atoms with Gasteiger partial charge in [-0.05, 0) is 55.2 Å². The summed E-state index contributed by atoms with van der Waals surface area (Å²) in [5, 5.41) is 7.81. The fourth-order valence-electron chi connectivity index (χ4n) is 2.72. The van der Waals surface area contributed by atoms with Gasteiger partial charge < -0.3 is 15.1 Å². The Labute approximate surface area is 151 Å². The van der Waals surface area contributed by atoms with E-state index < -0.39 is 0 Å². The molecule has 25 heavy (non-hydrogen) atoms. The summed E-state index contributed by atoms with van der Waals surface area (Å²) in [7, 11) is 0. The van der Waals surface area contributed by atoms with Crippen molar-refractivity contribution >= 4 is 34.0 Å². The Kier molecular flexibility index (Phi) is 5.46. The van der Waals surface area contributed by atoms with Crippen molar-refractivity contribution < 1.29 is 4.42 Å². The van der Waals surface area contributed by atoms with Gasteiger partial charge in [0.25, 0.3) is 0 Å². The van der Waals surface area contributed by atoms with E-state index in [0.29, 0.717) is 10.7 Å². The molecule has 0 unspecified atom stereocenters. The summed E-state index contributed by atoms with van der Waals surface area (Å²) in [6, 6.07) is 17.5. The van der Waals surface area contributed by atoms with E-state index in [1.807, 2.05) is 25.1 Å². The maximum atomic E-state index is 11.5. The molecule has 1 aromatic heterocycles. The highest BCUT2D eigenvalue weighted by Crippen LogP contribution is 2.20. The highest BCUT2D eigenvalue weighted by molar-refractivity contribution is 7.80. The van der Waals surface area contributed by atoms with Crippen LogP contribution in [0.3, 0.4) is 0 Å². The number of benzene rings is 2. The van der Waals surface area contributed by atoms with E-state index in [0.717, 1.165) is 36.0 Å². The molecule has 0 aliphatic heterocycles. The van der Waals surface area contributed by atoms with Crippen LogP contribution >= 0.6 is 12.2 Å². The van der Waals surface area contributed by atoms with E-state index in [4.69, 9.17) is 16.6 Å². The molecule has 0 amide bonds. The Morgan fingerprint density at radius 2 is 1.92 bits per heavy atom. The number of hydrogen-bond donors (Lipinski definition) is 2. The van der Waals surface area contributed by atoms with Crippen molar-refractivity contribution in [2.45, 2.75) is 19.8 Å². The first-order valence-corrected chi connectivity index (χ1v) is 8.66. The topological polar surface area (TPSA) is 54.3 Å². The average Bonchev–Trinajstić information content (AvgIpc) is 2.59. The molecule has 4 nitrogen and oxygen atoms in total. The van der Waals surface area contributed by atoms with Gasteiger partial charge in [0.1, 0.15) is 5.58 Å². The van der Waals surface area contributed by atoms with Gasteiger partial charge in [0, 0.05) is 29.8 Å². The minimum atomic E-state index is -0.344. The molecular weight excluding hydrogens is 332 g/mol. The van der Waals surface area contributed by atoms with Crippen molar-refractivity contribution in [1.29, 1.82) is 0 Å². The van der Waals surface area contributed by atoms with Crippen LogP contribution in [0.2, 0.25) is 0 Å². The van der Waals surface area contributed by atoms with E-state index in [9.17, 15) is 4.79 Å². The summed E-state index contributed by atoms with van der Waals surface area (Å²) in [6.07, 6.45) is 2.01. The molecule has 0 aliphatic rings. The van der Waals surface area contributed by atoms with Crippen molar-refractivity contribution in [2.75, 3.05) is 11.9 Å². The van der Waals surface area contributed by atoms with Gasteiger partial charge in [-0.25, -0.2) is 4.79 Å². The molecule has 2 aromatic carbocycles.